The van der Waals surface area contributed by atoms with Gasteiger partial charge in [0, 0.05) is 20.5 Å². The molecule has 2 aromatic rings. The van der Waals surface area contributed by atoms with Gasteiger partial charge in [-0.3, -0.25) is 9.59 Å². The van der Waals surface area contributed by atoms with Crippen LogP contribution in [0.4, 0.5) is 0 Å². The molecule has 2 rings (SSSR count). The second-order valence-electron chi connectivity index (χ2n) is 9.60. The van der Waals surface area contributed by atoms with Crippen molar-refractivity contribution in [3.63, 3.8) is 0 Å². The Morgan fingerprint density at radius 1 is 0.558 bits per heavy atom. The van der Waals surface area contributed by atoms with E-state index in [-0.39, 0.29) is 18.4 Å². The summed E-state index contributed by atoms with van der Waals surface area (Å²) in [5, 5.41) is 5.11. The van der Waals surface area contributed by atoms with Gasteiger partial charge in [-0.05, 0) is 66.8 Å². The van der Waals surface area contributed by atoms with Gasteiger partial charge >= 0.3 is 0 Å². The third kappa shape index (κ3) is 15.7. The normalized spacial score (nSPS) is 10.9. The zero-order valence-corrected chi connectivity index (χ0v) is 26.0. The van der Waals surface area contributed by atoms with E-state index in [2.05, 4.69) is 24.5 Å². The molecule has 0 heterocycles. The number of aryl methyl sites for hydroxylation is 2. The third-order valence-corrected chi connectivity index (χ3v) is 6.30. The summed E-state index contributed by atoms with van der Waals surface area (Å²) in [4.78, 5) is 22.4. The van der Waals surface area contributed by atoms with Gasteiger partial charge in [0.2, 0.25) is 11.8 Å². The van der Waals surface area contributed by atoms with E-state index in [1.165, 1.54) is 0 Å². The number of likely N-dealkylation sites (N-methyl/N-ethyl adjacent to an activating group) is 1. The SMILES string of the molecule is CNC(=O)CCCOc1ccc(C)c(-c2cc(OCCOCCOCCOCCOCCOCC(=O)NC)ccc2C)c1. The van der Waals surface area contributed by atoms with E-state index < -0.39 is 0 Å². The lowest BCUT2D eigenvalue weighted by molar-refractivity contribution is -0.125. The summed E-state index contributed by atoms with van der Waals surface area (Å²) in [7, 11) is 3.20. The Bertz CT molecular complexity index is 1080. The van der Waals surface area contributed by atoms with E-state index in [1.807, 2.05) is 36.4 Å². The van der Waals surface area contributed by atoms with Crippen molar-refractivity contribution in [3.8, 4) is 22.6 Å². The Hall–Kier alpha value is -3.22. The highest BCUT2D eigenvalue weighted by Gasteiger charge is 2.10. The van der Waals surface area contributed by atoms with E-state index in [1.54, 1.807) is 14.1 Å². The Labute approximate surface area is 255 Å². The van der Waals surface area contributed by atoms with Crippen LogP contribution >= 0.6 is 0 Å². The largest absolute Gasteiger partial charge is 0.494 e. The summed E-state index contributed by atoms with van der Waals surface area (Å²) in [5.41, 5.74) is 4.45. The Kier molecular flexibility index (Phi) is 18.7. The van der Waals surface area contributed by atoms with Gasteiger partial charge in [0.25, 0.3) is 0 Å². The molecular formula is C32H48N2O9. The van der Waals surface area contributed by atoms with Crippen molar-refractivity contribution in [2.75, 3.05) is 93.4 Å². The van der Waals surface area contributed by atoms with Crippen LogP contribution in [0.15, 0.2) is 36.4 Å². The molecule has 2 aromatic carbocycles. The van der Waals surface area contributed by atoms with Gasteiger partial charge in [0.05, 0.1) is 66.1 Å². The molecule has 0 radical (unpaired) electrons. The molecule has 0 aliphatic rings. The lowest BCUT2D eigenvalue weighted by Gasteiger charge is -2.15. The van der Waals surface area contributed by atoms with E-state index >= 15 is 0 Å². The van der Waals surface area contributed by atoms with E-state index in [4.69, 9.17) is 33.2 Å². The smallest absolute Gasteiger partial charge is 0.245 e. The maximum atomic E-state index is 11.4. The lowest BCUT2D eigenvalue weighted by atomic mass is 9.96. The quantitative estimate of drug-likeness (QED) is 0.174. The fourth-order valence-corrected chi connectivity index (χ4v) is 3.85. The average molecular weight is 605 g/mol. The number of carbonyl (C=O) groups is 2. The molecule has 0 spiro atoms. The second-order valence-corrected chi connectivity index (χ2v) is 9.60. The van der Waals surface area contributed by atoms with Crippen LogP contribution in [0.1, 0.15) is 24.0 Å². The van der Waals surface area contributed by atoms with E-state index in [9.17, 15) is 9.59 Å². The number of ether oxygens (including phenoxy) is 7. The Morgan fingerprint density at radius 3 is 1.44 bits per heavy atom. The molecule has 2 N–H and O–H groups in total. The lowest BCUT2D eigenvalue weighted by Crippen LogP contribution is -2.24. The number of amides is 2. The summed E-state index contributed by atoms with van der Waals surface area (Å²) in [6, 6.07) is 12.1. The van der Waals surface area contributed by atoms with Crippen molar-refractivity contribution < 1.29 is 42.7 Å². The monoisotopic (exact) mass is 604 g/mol. The molecule has 0 unspecified atom stereocenters. The first kappa shape index (κ1) is 36.0. The van der Waals surface area contributed by atoms with Crippen molar-refractivity contribution in [2.45, 2.75) is 26.7 Å². The maximum absolute atomic E-state index is 11.4. The number of carbonyl (C=O) groups excluding carboxylic acids is 2. The van der Waals surface area contributed by atoms with Crippen LogP contribution in [0.5, 0.6) is 11.5 Å². The summed E-state index contributed by atoms with van der Waals surface area (Å²) < 4.78 is 38.9. The number of hydrogen-bond donors (Lipinski definition) is 2. The molecule has 11 nitrogen and oxygen atoms in total. The van der Waals surface area contributed by atoms with Gasteiger partial charge in [0.15, 0.2) is 0 Å². The van der Waals surface area contributed by atoms with Crippen LogP contribution in [0.2, 0.25) is 0 Å². The molecule has 0 aliphatic carbocycles. The van der Waals surface area contributed by atoms with Crippen LogP contribution in [0.25, 0.3) is 11.1 Å². The van der Waals surface area contributed by atoms with Crippen molar-refractivity contribution in [1.82, 2.24) is 10.6 Å². The first-order chi connectivity index (χ1) is 20.9. The minimum Gasteiger partial charge on any atom is -0.494 e. The molecular weight excluding hydrogens is 556 g/mol. The second kappa shape index (κ2) is 22.3. The molecule has 0 bridgehead atoms. The molecule has 0 atom stereocenters. The van der Waals surface area contributed by atoms with E-state index in [0.717, 1.165) is 33.8 Å². The minimum atomic E-state index is -0.160. The summed E-state index contributed by atoms with van der Waals surface area (Å²) in [5.74, 6) is 1.40. The van der Waals surface area contributed by atoms with Crippen molar-refractivity contribution >= 4 is 11.8 Å². The van der Waals surface area contributed by atoms with E-state index in [0.29, 0.717) is 85.5 Å². The molecule has 43 heavy (non-hydrogen) atoms. The molecule has 240 valence electrons. The zero-order valence-electron chi connectivity index (χ0n) is 26.0. The van der Waals surface area contributed by atoms with Crippen LogP contribution in [0, 0.1) is 13.8 Å². The van der Waals surface area contributed by atoms with Gasteiger partial charge in [-0.25, -0.2) is 0 Å². The topological polar surface area (TPSA) is 123 Å². The van der Waals surface area contributed by atoms with Crippen LogP contribution < -0.4 is 20.1 Å². The van der Waals surface area contributed by atoms with Gasteiger partial charge in [-0.15, -0.1) is 0 Å². The van der Waals surface area contributed by atoms with Crippen molar-refractivity contribution in [3.05, 3.63) is 47.5 Å². The van der Waals surface area contributed by atoms with Gasteiger partial charge in [-0.1, -0.05) is 12.1 Å². The number of benzene rings is 2. The first-order valence-corrected chi connectivity index (χ1v) is 14.7. The predicted molar refractivity (Wildman–Crippen MR) is 164 cm³/mol. The highest BCUT2D eigenvalue weighted by atomic mass is 16.6. The fraction of sp³-hybridized carbons (Fsp3) is 0.562. The van der Waals surface area contributed by atoms with Crippen molar-refractivity contribution in [2.24, 2.45) is 0 Å². The van der Waals surface area contributed by atoms with Crippen molar-refractivity contribution in [1.29, 1.82) is 0 Å². The summed E-state index contributed by atoms with van der Waals surface area (Å²) >= 11 is 0. The zero-order chi connectivity index (χ0) is 31.1. The number of nitrogens with one attached hydrogen (secondary N) is 2. The number of hydrogen-bond acceptors (Lipinski definition) is 9. The van der Waals surface area contributed by atoms with Crippen LogP contribution in [0.3, 0.4) is 0 Å². The summed E-state index contributed by atoms with van der Waals surface area (Å²) in [6.07, 6.45) is 1.10. The maximum Gasteiger partial charge on any atom is 0.245 e. The average Bonchev–Trinajstić information content (AvgIpc) is 3.02. The molecule has 2 amide bonds. The first-order valence-electron chi connectivity index (χ1n) is 14.7. The highest BCUT2D eigenvalue weighted by Crippen LogP contribution is 2.32. The van der Waals surface area contributed by atoms with Crippen LogP contribution in [-0.4, -0.2) is 105 Å². The number of rotatable bonds is 24. The van der Waals surface area contributed by atoms with Gasteiger partial charge in [-0.2, -0.15) is 0 Å². The summed E-state index contributed by atoms with van der Waals surface area (Å²) in [6.45, 7) is 9.13. The standard InChI is InChI=1S/C32H48N2O9/c1-25-7-9-27(42-11-5-6-31(35)33-3)22-29(25)30-23-28(10-8-26(30)2)43-21-20-40-17-16-38-13-12-37-14-15-39-18-19-41-24-32(36)34-4/h7-10,22-23H,5-6,11-21,24H2,1-4H3,(H,33,35)(H,34,36). The molecule has 0 saturated heterocycles. The molecule has 0 fully saturated rings. The van der Waals surface area contributed by atoms with Crippen LogP contribution in [-0.2, 0) is 33.3 Å². The highest BCUT2D eigenvalue weighted by molar-refractivity contribution is 5.76. The molecule has 0 saturated carbocycles. The minimum absolute atomic E-state index is 0.0137. The Balaban J connectivity index is 1.57. The molecule has 0 aromatic heterocycles. The Morgan fingerprint density at radius 2 is 0.977 bits per heavy atom. The fourth-order valence-electron chi connectivity index (χ4n) is 3.85. The van der Waals surface area contributed by atoms with Gasteiger partial charge in [0.1, 0.15) is 24.7 Å². The predicted octanol–water partition coefficient (Wildman–Crippen LogP) is 3.08. The molecule has 11 heteroatoms. The third-order valence-electron chi connectivity index (χ3n) is 6.30. The van der Waals surface area contributed by atoms with Gasteiger partial charge < -0.3 is 43.8 Å². The molecule has 0 aliphatic heterocycles.